The second-order valence-corrected chi connectivity index (χ2v) is 6.50. The van der Waals surface area contributed by atoms with Crippen LogP contribution >= 0.6 is 11.8 Å². The molecule has 2 atom stereocenters. The van der Waals surface area contributed by atoms with Gasteiger partial charge in [-0.25, -0.2) is 9.69 Å². The molecule has 1 saturated carbocycles. The minimum atomic E-state index is 0.105. The van der Waals surface area contributed by atoms with Crippen LogP contribution in [0.2, 0.25) is 0 Å². The summed E-state index contributed by atoms with van der Waals surface area (Å²) >= 11 is 1.81. The molecule has 2 unspecified atom stereocenters. The van der Waals surface area contributed by atoms with Gasteiger partial charge in [0.05, 0.1) is 6.04 Å². The number of fused-ring (bicyclic) bond motifs is 2. The number of aromatic nitrogens is 3. The highest BCUT2D eigenvalue weighted by Crippen LogP contribution is 2.39. The van der Waals surface area contributed by atoms with E-state index in [0.29, 0.717) is 11.3 Å². The standard InChI is InChI=1S/C13H20N4OS/c1-3-12-14-15-13-17(12)16(9(2)18)10-7-5-4-6-8-11(10)19-13/h10-11H,3-8H2,1-2H3. The van der Waals surface area contributed by atoms with Crippen LogP contribution in [0.4, 0.5) is 0 Å². The molecule has 0 N–H and O–H groups in total. The monoisotopic (exact) mass is 280 g/mol. The first kappa shape index (κ1) is 13.0. The Kier molecular flexibility index (Phi) is 3.52. The first-order valence-corrected chi connectivity index (χ1v) is 8.01. The van der Waals surface area contributed by atoms with Crippen molar-refractivity contribution in [3.8, 4) is 0 Å². The quantitative estimate of drug-likeness (QED) is 0.791. The highest BCUT2D eigenvalue weighted by Gasteiger charge is 2.39. The number of rotatable bonds is 1. The SMILES string of the molecule is CCc1nnc2n1N(C(C)=O)C1CCCCCC1S2. The summed E-state index contributed by atoms with van der Waals surface area (Å²) in [6.45, 7) is 3.71. The lowest BCUT2D eigenvalue weighted by Gasteiger charge is -2.40. The summed E-state index contributed by atoms with van der Waals surface area (Å²) in [7, 11) is 0. The molecule has 0 bridgehead atoms. The molecule has 5 nitrogen and oxygen atoms in total. The predicted octanol–water partition coefficient (Wildman–Crippen LogP) is 2.13. The van der Waals surface area contributed by atoms with Gasteiger partial charge in [0, 0.05) is 18.6 Å². The first-order valence-electron chi connectivity index (χ1n) is 7.13. The number of aryl methyl sites for hydroxylation is 1. The minimum Gasteiger partial charge on any atom is -0.273 e. The van der Waals surface area contributed by atoms with Gasteiger partial charge in [-0.2, -0.15) is 0 Å². The zero-order chi connectivity index (χ0) is 13.4. The highest BCUT2D eigenvalue weighted by atomic mass is 32.2. The van der Waals surface area contributed by atoms with Crippen molar-refractivity contribution in [2.45, 2.75) is 68.8 Å². The zero-order valence-corrected chi connectivity index (χ0v) is 12.3. The molecule has 0 aromatic carbocycles. The lowest BCUT2D eigenvalue weighted by atomic mass is 10.1. The van der Waals surface area contributed by atoms with Gasteiger partial charge >= 0.3 is 0 Å². The van der Waals surface area contributed by atoms with E-state index in [1.807, 2.05) is 21.4 Å². The Hall–Kier alpha value is -1.04. The van der Waals surface area contributed by atoms with Crippen molar-refractivity contribution in [2.75, 3.05) is 5.01 Å². The van der Waals surface area contributed by atoms with Gasteiger partial charge in [-0.3, -0.25) is 4.79 Å². The van der Waals surface area contributed by atoms with Crippen molar-refractivity contribution in [3.63, 3.8) is 0 Å². The lowest BCUT2D eigenvalue weighted by molar-refractivity contribution is -0.119. The minimum absolute atomic E-state index is 0.105. The number of thioether (sulfide) groups is 1. The molecular formula is C13H20N4OS. The molecule has 1 aliphatic heterocycles. The summed E-state index contributed by atoms with van der Waals surface area (Å²) in [5.41, 5.74) is 0. The Balaban J connectivity index is 2.04. The molecule has 0 saturated heterocycles. The molecule has 6 heteroatoms. The fourth-order valence-corrected chi connectivity index (χ4v) is 4.48. The summed E-state index contributed by atoms with van der Waals surface area (Å²) in [5.74, 6) is 0.994. The van der Waals surface area contributed by atoms with Crippen molar-refractivity contribution < 1.29 is 4.79 Å². The Bertz CT molecular complexity index is 487. The van der Waals surface area contributed by atoms with Crippen molar-refractivity contribution in [1.82, 2.24) is 14.9 Å². The van der Waals surface area contributed by atoms with E-state index in [-0.39, 0.29) is 5.91 Å². The third kappa shape index (κ3) is 2.16. The molecule has 1 fully saturated rings. The maximum Gasteiger partial charge on any atom is 0.238 e. The van der Waals surface area contributed by atoms with E-state index in [2.05, 4.69) is 17.1 Å². The Morgan fingerprint density at radius 3 is 2.84 bits per heavy atom. The summed E-state index contributed by atoms with van der Waals surface area (Å²) in [5, 5.41) is 11.8. The van der Waals surface area contributed by atoms with Gasteiger partial charge in [0.15, 0.2) is 5.82 Å². The van der Waals surface area contributed by atoms with Crippen LogP contribution in [0.25, 0.3) is 0 Å². The molecule has 1 amide bonds. The van der Waals surface area contributed by atoms with E-state index in [1.165, 1.54) is 25.7 Å². The molecule has 19 heavy (non-hydrogen) atoms. The van der Waals surface area contributed by atoms with Gasteiger partial charge < -0.3 is 0 Å². The van der Waals surface area contributed by atoms with Gasteiger partial charge in [-0.05, 0) is 12.8 Å². The average Bonchev–Trinajstić information content (AvgIpc) is 2.64. The van der Waals surface area contributed by atoms with Crippen LogP contribution in [0.5, 0.6) is 0 Å². The van der Waals surface area contributed by atoms with Gasteiger partial charge in [0.1, 0.15) is 0 Å². The van der Waals surface area contributed by atoms with Crippen LogP contribution in [0.1, 0.15) is 51.8 Å². The highest BCUT2D eigenvalue weighted by molar-refractivity contribution is 7.99. The van der Waals surface area contributed by atoms with E-state index in [1.54, 1.807) is 6.92 Å². The van der Waals surface area contributed by atoms with Crippen molar-refractivity contribution in [2.24, 2.45) is 0 Å². The van der Waals surface area contributed by atoms with E-state index >= 15 is 0 Å². The van der Waals surface area contributed by atoms with Crippen LogP contribution in [-0.4, -0.2) is 32.1 Å². The molecular weight excluding hydrogens is 260 g/mol. The molecule has 1 aliphatic carbocycles. The van der Waals surface area contributed by atoms with E-state index in [9.17, 15) is 4.79 Å². The summed E-state index contributed by atoms with van der Waals surface area (Å²) in [6.07, 6.45) is 6.82. The number of hydrogen-bond acceptors (Lipinski definition) is 4. The summed E-state index contributed by atoms with van der Waals surface area (Å²) < 4.78 is 1.96. The Morgan fingerprint density at radius 2 is 2.11 bits per heavy atom. The van der Waals surface area contributed by atoms with E-state index in [0.717, 1.165) is 23.8 Å². The fourth-order valence-electron chi connectivity index (χ4n) is 3.14. The number of carbonyl (C=O) groups excluding carboxylic acids is 1. The van der Waals surface area contributed by atoms with Crippen LogP contribution < -0.4 is 5.01 Å². The third-order valence-electron chi connectivity index (χ3n) is 4.02. The molecule has 104 valence electrons. The smallest absolute Gasteiger partial charge is 0.238 e. The number of nitrogens with zero attached hydrogens (tertiary/aromatic N) is 4. The molecule has 3 rings (SSSR count). The molecule has 1 aromatic heterocycles. The second-order valence-electron chi connectivity index (χ2n) is 5.29. The van der Waals surface area contributed by atoms with E-state index in [4.69, 9.17) is 0 Å². The molecule has 2 aliphatic rings. The maximum atomic E-state index is 12.1. The third-order valence-corrected chi connectivity index (χ3v) is 5.34. The van der Waals surface area contributed by atoms with Crippen LogP contribution in [0.15, 0.2) is 5.16 Å². The van der Waals surface area contributed by atoms with Gasteiger partial charge in [0.25, 0.3) is 0 Å². The topological polar surface area (TPSA) is 51.0 Å². The van der Waals surface area contributed by atoms with Gasteiger partial charge in [-0.1, -0.05) is 37.9 Å². The number of amides is 1. The molecule has 2 heterocycles. The van der Waals surface area contributed by atoms with Gasteiger partial charge in [-0.15, -0.1) is 10.2 Å². The molecule has 0 radical (unpaired) electrons. The Morgan fingerprint density at radius 1 is 1.32 bits per heavy atom. The average molecular weight is 280 g/mol. The largest absolute Gasteiger partial charge is 0.273 e. The zero-order valence-electron chi connectivity index (χ0n) is 11.5. The van der Waals surface area contributed by atoms with Gasteiger partial charge in [0.2, 0.25) is 11.1 Å². The van der Waals surface area contributed by atoms with Crippen LogP contribution in [0, 0.1) is 0 Å². The van der Waals surface area contributed by atoms with Crippen molar-refractivity contribution in [3.05, 3.63) is 5.82 Å². The number of hydrogen-bond donors (Lipinski definition) is 0. The van der Waals surface area contributed by atoms with Crippen molar-refractivity contribution >= 4 is 17.7 Å². The molecule has 1 aromatic rings. The van der Waals surface area contributed by atoms with Crippen LogP contribution in [-0.2, 0) is 11.2 Å². The van der Waals surface area contributed by atoms with E-state index < -0.39 is 0 Å². The maximum absolute atomic E-state index is 12.1. The molecule has 0 spiro atoms. The fraction of sp³-hybridized carbons (Fsp3) is 0.769. The summed E-state index contributed by atoms with van der Waals surface area (Å²) in [4.78, 5) is 12.1. The summed E-state index contributed by atoms with van der Waals surface area (Å²) in [6, 6.07) is 0.304. The number of carbonyl (C=O) groups is 1. The Labute approximate surface area is 117 Å². The normalized spacial score (nSPS) is 26.5. The predicted molar refractivity (Wildman–Crippen MR) is 74.8 cm³/mol. The van der Waals surface area contributed by atoms with Crippen LogP contribution in [0.3, 0.4) is 0 Å². The van der Waals surface area contributed by atoms with Crippen molar-refractivity contribution in [1.29, 1.82) is 0 Å². The lowest BCUT2D eigenvalue weighted by Crippen LogP contribution is -2.54. The first-order chi connectivity index (χ1) is 9.22. The second kappa shape index (κ2) is 5.15.